The summed E-state index contributed by atoms with van der Waals surface area (Å²) in [5.74, 6) is 3.37. The number of benzene rings is 1. The Labute approximate surface area is 324 Å². The maximum Gasteiger partial charge on any atom is 0.237 e. The summed E-state index contributed by atoms with van der Waals surface area (Å²) in [6.07, 6.45) is 16.6. The van der Waals surface area contributed by atoms with Crippen molar-refractivity contribution in [1.29, 1.82) is 0 Å². The SMILES string of the molecule is C=C/C(F)=C(\C=C/C)N/C(C)=C(C)/C(=C\C(=C)c1ccc2c(c1)N(C1CC(CCC)C1)C(=O)C2(C)C)N=CCC.CC(C)C.CCC1C(CC)C1(C)C. The number of aliphatic imine (C=N–C) groups is 1. The van der Waals surface area contributed by atoms with Crippen LogP contribution in [0.25, 0.3) is 5.57 Å². The summed E-state index contributed by atoms with van der Waals surface area (Å²) in [6, 6.07) is 6.52. The number of carbonyl (C=O) groups is 1. The number of allylic oxidation sites excluding steroid dienone is 8. The third-order valence-corrected chi connectivity index (χ3v) is 11.3. The molecule has 2 atom stereocenters. The van der Waals surface area contributed by atoms with Gasteiger partial charge in [-0.05, 0) is 130 Å². The number of rotatable bonds is 14. The Morgan fingerprint density at radius 3 is 2.11 bits per heavy atom. The Morgan fingerprint density at radius 2 is 1.64 bits per heavy atom. The van der Waals surface area contributed by atoms with E-state index >= 15 is 0 Å². The van der Waals surface area contributed by atoms with Crippen LogP contribution in [0.5, 0.6) is 0 Å². The number of amides is 1. The summed E-state index contributed by atoms with van der Waals surface area (Å²) >= 11 is 0. The van der Waals surface area contributed by atoms with E-state index in [1.54, 1.807) is 12.2 Å². The summed E-state index contributed by atoms with van der Waals surface area (Å²) in [6.45, 7) is 37.8. The van der Waals surface area contributed by atoms with Crippen LogP contribution in [-0.2, 0) is 10.2 Å². The molecule has 0 radical (unpaired) electrons. The van der Waals surface area contributed by atoms with Gasteiger partial charge in [-0.2, -0.15) is 0 Å². The molecule has 0 saturated heterocycles. The lowest BCUT2D eigenvalue weighted by Crippen LogP contribution is -2.49. The average Bonchev–Trinajstić information content (AvgIpc) is 3.59. The Morgan fingerprint density at radius 1 is 1.06 bits per heavy atom. The molecule has 0 spiro atoms. The number of halogens is 1. The first kappa shape index (κ1) is 45.7. The van der Waals surface area contributed by atoms with Crippen LogP contribution in [0.4, 0.5) is 10.1 Å². The van der Waals surface area contributed by atoms with Crippen molar-refractivity contribution in [1.82, 2.24) is 5.32 Å². The number of nitrogens with zero attached hydrogens (tertiary/aromatic N) is 2. The lowest BCUT2D eigenvalue weighted by Gasteiger charge is -2.42. The highest BCUT2D eigenvalue weighted by Crippen LogP contribution is 2.61. The Balaban J connectivity index is 0.000000629. The molecule has 3 aliphatic rings. The van der Waals surface area contributed by atoms with Gasteiger partial charge in [0.2, 0.25) is 5.91 Å². The molecular formula is C48H74FN3O. The highest BCUT2D eigenvalue weighted by atomic mass is 19.1. The molecule has 53 heavy (non-hydrogen) atoms. The Bertz CT molecular complexity index is 1560. The van der Waals surface area contributed by atoms with Crippen LogP contribution in [0.1, 0.15) is 153 Å². The number of anilines is 1. The summed E-state index contributed by atoms with van der Waals surface area (Å²) in [4.78, 5) is 20.3. The molecule has 1 amide bonds. The van der Waals surface area contributed by atoms with Crippen LogP contribution in [-0.4, -0.2) is 18.2 Å². The van der Waals surface area contributed by atoms with Gasteiger partial charge in [-0.25, -0.2) is 4.39 Å². The standard InChI is InChI=1S/C35H46FN3O.C9H18.C4H10/c1-10-14-26-20-28(21-26)39-33-22-27(16-17-29(33)35(8,9)34(39)40)23(5)19-32(37-18-12-3)24(6)25(7)38-31(15-11-2)30(36)13-4;1-5-7-8(6-2)9(7,3)4;1-4(2)3/h11,13,15-19,22,26,28,38H,4-5,10,12,14,20-21H2,1-3,6-9H3;7-8H,5-6H2,1-4H3;4H,1-3H3/b15-11-,25-24+,31-30-,32-19+,37-18?;;. The molecule has 1 aromatic rings. The minimum atomic E-state index is -0.543. The first-order valence-corrected chi connectivity index (χ1v) is 20.4. The smallest absolute Gasteiger partial charge is 0.237 e. The predicted octanol–water partition coefficient (Wildman–Crippen LogP) is 13.8. The topological polar surface area (TPSA) is 44.7 Å². The summed E-state index contributed by atoms with van der Waals surface area (Å²) in [5, 5.41) is 3.17. The zero-order valence-corrected chi connectivity index (χ0v) is 36.1. The van der Waals surface area contributed by atoms with E-state index in [0.717, 1.165) is 76.4 Å². The van der Waals surface area contributed by atoms with E-state index in [-0.39, 0.29) is 11.9 Å². The van der Waals surface area contributed by atoms with E-state index in [4.69, 9.17) is 4.99 Å². The van der Waals surface area contributed by atoms with Gasteiger partial charge in [-0.3, -0.25) is 9.79 Å². The van der Waals surface area contributed by atoms with Gasteiger partial charge in [0.25, 0.3) is 0 Å². The van der Waals surface area contributed by atoms with Crippen LogP contribution in [0, 0.1) is 29.1 Å². The van der Waals surface area contributed by atoms with E-state index in [1.807, 2.05) is 53.8 Å². The fraction of sp³-hybridized carbons (Fsp3) is 0.583. The van der Waals surface area contributed by atoms with E-state index < -0.39 is 11.2 Å². The fourth-order valence-electron chi connectivity index (χ4n) is 8.01. The lowest BCUT2D eigenvalue weighted by molar-refractivity contribution is -0.123. The van der Waals surface area contributed by atoms with Crippen molar-refractivity contribution in [3.8, 4) is 0 Å². The number of carbonyl (C=O) groups excluding carboxylic acids is 1. The third-order valence-electron chi connectivity index (χ3n) is 11.3. The van der Waals surface area contributed by atoms with E-state index in [9.17, 15) is 9.18 Å². The summed E-state index contributed by atoms with van der Waals surface area (Å²) in [5.41, 5.74) is 6.71. The zero-order valence-electron chi connectivity index (χ0n) is 36.1. The van der Waals surface area contributed by atoms with Crippen molar-refractivity contribution >= 4 is 23.4 Å². The molecule has 0 bridgehead atoms. The van der Waals surface area contributed by atoms with Crippen molar-refractivity contribution in [2.75, 3.05) is 4.90 Å². The van der Waals surface area contributed by atoms with Crippen molar-refractivity contribution in [2.24, 2.45) is 34.1 Å². The largest absolute Gasteiger partial charge is 0.356 e. The Kier molecular flexibility index (Phi) is 17.5. The molecule has 2 fully saturated rings. The van der Waals surface area contributed by atoms with Gasteiger partial charge in [0.15, 0.2) is 0 Å². The Hall–Kier alpha value is -3.47. The van der Waals surface area contributed by atoms with Crippen molar-refractivity contribution in [3.63, 3.8) is 0 Å². The van der Waals surface area contributed by atoms with Crippen LogP contribution in [0.2, 0.25) is 0 Å². The van der Waals surface area contributed by atoms with Gasteiger partial charge in [-0.15, -0.1) is 0 Å². The van der Waals surface area contributed by atoms with Crippen molar-refractivity contribution in [2.45, 2.75) is 153 Å². The summed E-state index contributed by atoms with van der Waals surface area (Å²) in [7, 11) is 0. The average molecular weight is 728 g/mol. The molecule has 1 N–H and O–H groups in total. The second-order valence-electron chi connectivity index (χ2n) is 17.0. The van der Waals surface area contributed by atoms with Crippen LogP contribution in [0.15, 0.2) is 89.1 Å². The van der Waals surface area contributed by atoms with Gasteiger partial charge in [0.1, 0.15) is 5.83 Å². The van der Waals surface area contributed by atoms with Crippen molar-refractivity contribution < 1.29 is 9.18 Å². The van der Waals surface area contributed by atoms with E-state index in [2.05, 4.69) is 97.0 Å². The maximum atomic E-state index is 14.4. The zero-order chi connectivity index (χ0) is 40.3. The molecule has 4 nitrogen and oxygen atoms in total. The van der Waals surface area contributed by atoms with Gasteiger partial charge in [0, 0.05) is 23.6 Å². The minimum Gasteiger partial charge on any atom is -0.356 e. The summed E-state index contributed by atoms with van der Waals surface area (Å²) < 4.78 is 14.4. The predicted molar refractivity (Wildman–Crippen MR) is 231 cm³/mol. The van der Waals surface area contributed by atoms with Crippen LogP contribution >= 0.6 is 0 Å². The normalized spacial score (nSPS) is 23.7. The molecule has 5 heteroatoms. The number of hydrogen-bond acceptors (Lipinski definition) is 3. The number of hydrogen-bond donors (Lipinski definition) is 1. The van der Waals surface area contributed by atoms with Gasteiger partial charge < -0.3 is 10.2 Å². The molecule has 4 rings (SSSR count). The van der Waals surface area contributed by atoms with Crippen molar-refractivity contribution in [3.05, 3.63) is 95.3 Å². The molecular weight excluding hydrogens is 654 g/mol. The molecule has 294 valence electrons. The molecule has 1 aromatic carbocycles. The first-order valence-electron chi connectivity index (χ1n) is 20.4. The van der Waals surface area contributed by atoms with Crippen LogP contribution < -0.4 is 10.2 Å². The van der Waals surface area contributed by atoms with E-state index in [1.165, 1.54) is 31.8 Å². The van der Waals surface area contributed by atoms with Gasteiger partial charge >= 0.3 is 0 Å². The van der Waals surface area contributed by atoms with E-state index in [0.29, 0.717) is 17.0 Å². The highest BCUT2D eigenvalue weighted by molar-refractivity contribution is 6.08. The molecule has 1 heterocycles. The fourth-order valence-corrected chi connectivity index (χ4v) is 8.01. The number of nitrogens with one attached hydrogen (secondary N) is 1. The molecule has 1 aliphatic heterocycles. The third kappa shape index (κ3) is 11.5. The van der Waals surface area contributed by atoms with Gasteiger partial charge in [-0.1, -0.05) is 119 Å². The molecule has 2 saturated carbocycles. The molecule has 0 aromatic heterocycles. The first-order chi connectivity index (χ1) is 24.9. The molecule has 2 unspecified atom stereocenters. The minimum absolute atomic E-state index is 0.186. The second-order valence-corrected chi connectivity index (χ2v) is 17.0. The highest BCUT2D eigenvalue weighted by Gasteiger charge is 2.54. The quantitative estimate of drug-likeness (QED) is 0.153. The van der Waals surface area contributed by atoms with Crippen LogP contribution in [0.3, 0.4) is 0 Å². The van der Waals surface area contributed by atoms with Gasteiger partial charge in [0.05, 0.1) is 16.8 Å². The molecule has 2 aliphatic carbocycles. The lowest BCUT2D eigenvalue weighted by atomic mass is 9.76. The maximum absolute atomic E-state index is 14.4. The number of fused-ring (bicyclic) bond motifs is 1. The second kappa shape index (κ2) is 20.3. The monoisotopic (exact) mass is 728 g/mol.